The molecule has 7 heteroatoms. The van der Waals surface area contributed by atoms with Gasteiger partial charge in [-0.05, 0) is 48.4 Å². The summed E-state index contributed by atoms with van der Waals surface area (Å²) < 4.78 is 0.887. The predicted molar refractivity (Wildman–Crippen MR) is 126 cm³/mol. The number of nitrogens with one attached hydrogen (secondary N) is 1. The van der Waals surface area contributed by atoms with Gasteiger partial charge in [-0.3, -0.25) is 14.9 Å². The maximum Gasteiger partial charge on any atom is 0.257 e. The van der Waals surface area contributed by atoms with E-state index >= 15 is 0 Å². The molecule has 3 aromatic rings. The lowest BCUT2D eigenvalue weighted by atomic mass is 9.87. The average molecular weight is 437 g/mol. The number of fused-ring (bicyclic) bond motifs is 1. The molecular weight excluding hydrogens is 408 g/mol. The lowest BCUT2D eigenvalue weighted by Crippen LogP contribution is -2.47. The first-order valence-corrected chi connectivity index (χ1v) is 11.3. The second-order valence-corrected chi connectivity index (χ2v) is 10.1. The first-order valence-electron chi connectivity index (χ1n) is 10.5. The Labute approximate surface area is 186 Å². The number of hydrogen-bond acceptors (Lipinski definition) is 5. The number of benzene rings is 2. The van der Waals surface area contributed by atoms with E-state index in [1.807, 2.05) is 47.4 Å². The van der Waals surface area contributed by atoms with Crippen molar-refractivity contribution in [3.05, 3.63) is 59.2 Å². The molecule has 2 heterocycles. The third-order valence-electron chi connectivity index (χ3n) is 5.66. The third kappa shape index (κ3) is 4.78. The lowest BCUT2D eigenvalue weighted by Gasteiger charge is -2.32. The van der Waals surface area contributed by atoms with Crippen LogP contribution in [0.5, 0.6) is 0 Å². The molecule has 1 aliphatic rings. The van der Waals surface area contributed by atoms with E-state index in [4.69, 9.17) is 0 Å². The molecule has 1 aromatic heterocycles. The standard InChI is InChI=1S/C24H28N4O2S/c1-24(2,3)18-8-5-16(6-9-18)21(29)26-23-25-19-10-7-17(15-20(19)31-23)22(30)28-13-11-27(4)12-14-28/h5-10,15H,11-14H2,1-4H3,(H,25,26,29). The zero-order valence-corrected chi connectivity index (χ0v) is 19.3. The van der Waals surface area contributed by atoms with E-state index in [1.54, 1.807) is 0 Å². The van der Waals surface area contributed by atoms with Gasteiger partial charge in [-0.1, -0.05) is 44.2 Å². The normalized spacial score (nSPS) is 15.3. The maximum atomic E-state index is 12.8. The van der Waals surface area contributed by atoms with E-state index in [0.717, 1.165) is 36.4 Å². The highest BCUT2D eigenvalue weighted by Gasteiger charge is 2.21. The van der Waals surface area contributed by atoms with Crippen LogP contribution >= 0.6 is 11.3 Å². The van der Waals surface area contributed by atoms with Crippen LogP contribution in [-0.4, -0.2) is 59.8 Å². The Morgan fingerprint density at radius 3 is 2.26 bits per heavy atom. The van der Waals surface area contributed by atoms with Gasteiger partial charge < -0.3 is 9.80 Å². The molecular formula is C24H28N4O2S. The molecule has 0 bridgehead atoms. The van der Waals surface area contributed by atoms with Gasteiger partial charge in [0, 0.05) is 37.3 Å². The maximum absolute atomic E-state index is 12.8. The largest absolute Gasteiger partial charge is 0.336 e. The van der Waals surface area contributed by atoms with Crippen LogP contribution in [-0.2, 0) is 5.41 Å². The van der Waals surface area contributed by atoms with Crippen molar-refractivity contribution in [2.45, 2.75) is 26.2 Å². The molecule has 0 radical (unpaired) electrons. The van der Waals surface area contributed by atoms with E-state index in [1.165, 1.54) is 16.9 Å². The van der Waals surface area contributed by atoms with Crippen LogP contribution in [0.4, 0.5) is 5.13 Å². The molecule has 0 unspecified atom stereocenters. The molecule has 2 aromatic carbocycles. The zero-order chi connectivity index (χ0) is 22.2. The van der Waals surface area contributed by atoms with Crippen LogP contribution in [0.1, 0.15) is 47.1 Å². The smallest absolute Gasteiger partial charge is 0.257 e. The van der Waals surface area contributed by atoms with Gasteiger partial charge in [-0.15, -0.1) is 0 Å². The van der Waals surface area contributed by atoms with Crippen molar-refractivity contribution < 1.29 is 9.59 Å². The van der Waals surface area contributed by atoms with Crippen molar-refractivity contribution in [3.63, 3.8) is 0 Å². The monoisotopic (exact) mass is 436 g/mol. The fourth-order valence-electron chi connectivity index (χ4n) is 3.59. The van der Waals surface area contributed by atoms with Crippen molar-refractivity contribution in [1.29, 1.82) is 0 Å². The summed E-state index contributed by atoms with van der Waals surface area (Å²) in [5.74, 6) is -0.138. The summed E-state index contributed by atoms with van der Waals surface area (Å²) in [6.07, 6.45) is 0. The zero-order valence-electron chi connectivity index (χ0n) is 18.4. The number of piperazine rings is 1. The molecule has 1 N–H and O–H groups in total. The highest BCUT2D eigenvalue weighted by molar-refractivity contribution is 7.22. The van der Waals surface area contributed by atoms with Gasteiger partial charge in [-0.25, -0.2) is 4.98 Å². The predicted octanol–water partition coefficient (Wildman–Crippen LogP) is 4.23. The summed E-state index contributed by atoms with van der Waals surface area (Å²) in [5, 5.41) is 3.42. The van der Waals surface area contributed by atoms with Crippen molar-refractivity contribution >= 4 is 38.5 Å². The average Bonchev–Trinajstić information content (AvgIpc) is 3.14. The Bertz CT molecular complexity index is 1110. The SMILES string of the molecule is CN1CCN(C(=O)c2ccc3nc(NC(=O)c4ccc(C(C)(C)C)cc4)sc3c2)CC1. The lowest BCUT2D eigenvalue weighted by molar-refractivity contribution is 0.0664. The van der Waals surface area contributed by atoms with Gasteiger partial charge >= 0.3 is 0 Å². The molecule has 1 aliphatic heterocycles. The number of likely N-dealkylation sites (N-methyl/N-ethyl adjacent to an activating group) is 1. The minimum atomic E-state index is -0.187. The van der Waals surface area contributed by atoms with Gasteiger partial charge in [0.05, 0.1) is 10.2 Å². The minimum Gasteiger partial charge on any atom is -0.336 e. The van der Waals surface area contributed by atoms with Crippen molar-refractivity contribution in [3.8, 4) is 0 Å². The van der Waals surface area contributed by atoms with Crippen molar-refractivity contribution in [2.24, 2.45) is 0 Å². The quantitative estimate of drug-likeness (QED) is 0.667. The molecule has 0 saturated carbocycles. The van der Waals surface area contributed by atoms with E-state index in [2.05, 4.69) is 43.0 Å². The second-order valence-electron chi connectivity index (χ2n) is 9.08. The Hall–Kier alpha value is -2.77. The fourth-order valence-corrected chi connectivity index (χ4v) is 4.49. The summed E-state index contributed by atoms with van der Waals surface area (Å²) in [6.45, 7) is 9.70. The Kier molecular flexibility index (Phi) is 5.81. The van der Waals surface area contributed by atoms with Gasteiger partial charge in [0.15, 0.2) is 5.13 Å². The Balaban J connectivity index is 1.48. The van der Waals surface area contributed by atoms with Crippen LogP contribution in [0.2, 0.25) is 0 Å². The number of carbonyl (C=O) groups is 2. The highest BCUT2D eigenvalue weighted by atomic mass is 32.1. The minimum absolute atomic E-state index is 0.0430. The molecule has 0 atom stereocenters. The number of nitrogens with zero attached hydrogens (tertiary/aromatic N) is 3. The molecule has 162 valence electrons. The van der Waals surface area contributed by atoms with Crippen LogP contribution in [0.3, 0.4) is 0 Å². The van der Waals surface area contributed by atoms with Crippen LogP contribution < -0.4 is 5.32 Å². The Morgan fingerprint density at radius 1 is 0.968 bits per heavy atom. The highest BCUT2D eigenvalue weighted by Crippen LogP contribution is 2.28. The first kappa shape index (κ1) is 21.5. The van der Waals surface area contributed by atoms with E-state index in [9.17, 15) is 9.59 Å². The van der Waals surface area contributed by atoms with Crippen LogP contribution in [0, 0.1) is 0 Å². The topological polar surface area (TPSA) is 65.5 Å². The van der Waals surface area contributed by atoms with Gasteiger partial charge in [0.1, 0.15) is 0 Å². The second kappa shape index (κ2) is 8.40. The number of rotatable bonds is 3. The van der Waals surface area contributed by atoms with E-state index in [0.29, 0.717) is 16.3 Å². The van der Waals surface area contributed by atoms with Crippen LogP contribution in [0.15, 0.2) is 42.5 Å². The van der Waals surface area contributed by atoms with Gasteiger partial charge in [0.2, 0.25) is 0 Å². The summed E-state index contributed by atoms with van der Waals surface area (Å²) in [6, 6.07) is 13.2. The molecule has 0 spiro atoms. The Morgan fingerprint density at radius 2 is 1.61 bits per heavy atom. The van der Waals surface area contributed by atoms with Crippen LogP contribution in [0.25, 0.3) is 10.2 Å². The number of carbonyl (C=O) groups excluding carboxylic acids is 2. The van der Waals surface area contributed by atoms with Gasteiger partial charge in [0.25, 0.3) is 11.8 Å². The number of anilines is 1. The summed E-state index contributed by atoms with van der Waals surface area (Å²) in [4.78, 5) is 34.1. The molecule has 0 aliphatic carbocycles. The third-order valence-corrected chi connectivity index (χ3v) is 6.59. The number of amides is 2. The molecule has 4 rings (SSSR count). The molecule has 6 nitrogen and oxygen atoms in total. The molecule has 2 amide bonds. The number of thiazole rings is 1. The van der Waals surface area contributed by atoms with Crippen molar-refractivity contribution in [1.82, 2.24) is 14.8 Å². The molecule has 1 fully saturated rings. The number of hydrogen-bond donors (Lipinski definition) is 1. The van der Waals surface area contributed by atoms with Crippen molar-refractivity contribution in [2.75, 3.05) is 38.5 Å². The van der Waals surface area contributed by atoms with Gasteiger partial charge in [-0.2, -0.15) is 0 Å². The first-order chi connectivity index (χ1) is 14.7. The molecule has 31 heavy (non-hydrogen) atoms. The summed E-state index contributed by atoms with van der Waals surface area (Å²) >= 11 is 1.38. The summed E-state index contributed by atoms with van der Waals surface area (Å²) in [7, 11) is 2.07. The fraction of sp³-hybridized carbons (Fsp3) is 0.375. The summed E-state index contributed by atoms with van der Waals surface area (Å²) in [5.41, 5.74) is 3.26. The molecule has 1 saturated heterocycles. The van der Waals surface area contributed by atoms with E-state index < -0.39 is 0 Å². The van der Waals surface area contributed by atoms with E-state index in [-0.39, 0.29) is 17.2 Å². The number of aromatic nitrogens is 1.